The van der Waals surface area contributed by atoms with E-state index in [0.29, 0.717) is 19.3 Å². The Morgan fingerprint density at radius 3 is 2.54 bits per heavy atom. The van der Waals surface area contributed by atoms with Crippen LogP contribution < -0.4 is 0 Å². The Labute approximate surface area is 74.7 Å². The Kier molecular flexibility index (Phi) is 2.95. The van der Waals surface area contributed by atoms with E-state index in [2.05, 4.69) is 0 Å². The first-order valence-electron chi connectivity index (χ1n) is 4.15. The molecule has 1 rings (SSSR count). The van der Waals surface area contributed by atoms with Gasteiger partial charge in [-0.2, -0.15) is 13.2 Å². The Balaban J connectivity index is 2.71. The maximum atomic E-state index is 12.4. The molecule has 5 heteroatoms. The highest BCUT2D eigenvalue weighted by atomic mass is 19.4. The van der Waals surface area contributed by atoms with Crippen LogP contribution in [0.1, 0.15) is 6.42 Å². The molecule has 0 aromatic rings. The van der Waals surface area contributed by atoms with Crippen molar-refractivity contribution in [3.63, 3.8) is 0 Å². The van der Waals surface area contributed by atoms with E-state index >= 15 is 0 Å². The molecule has 0 spiro atoms. The third kappa shape index (κ3) is 2.43. The molecule has 0 aliphatic carbocycles. The normalized spacial score (nSPS) is 31.7. The Morgan fingerprint density at radius 1 is 1.46 bits per heavy atom. The minimum atomic E-state index is -4.25. The maximum absolute atomic E-state index is 12.4. The van der Waals surface area contributed by atoms with Crippen molar-refractivity contribution in [3.05, 3.63) is 0 Å². The van der Waals surface area contributed by atoms with Crippen molar-refractivity contribution in [1.82, 2.24) is 4.90 Å². The van der Waals surface area contributed by atoms with Gasteiger partial charge in [0, 0.05) is 12.5 Å². The smallest absolute Gasteiger partial charge is 0.306 e. The van der Waals surface area contributed by atoms with Crippen LogP contribution in [0.15, 0.2) is 0 Å². The molecule has 1 saturated heterocycles. The van der Waals surface area contributed by atoms with Crippen LogP contribution in [0.2, 0.25) is 0 Å². The number of nitrogens with zero attached hydrogens (tertiary/aromatic N) is 1. The van der Waals surface area contributed by atoms with Gasteiger partial charge in [0.15, 0.2) is 0 Å². The molecule has 76 valence electrons. The summed E-state index contributed by atoms with van der Waals surface area (Å²) >= 11 is 0. The van der Waals surface area contributed by atoms with Crippen molar-refractivity contribution in [3.8, 4) is 0 Å². The quantitative estimate of drug-likeness (QED) is 0.588. The topological polar surface area (TPSA) is 20.3 Å². The minimum absolute atomic E-state index is 0.0626. The van der Waals surface area contributed by atoms with Gasteiger partial charge in [-0.3, -0.25) is 0 Å². The molecular formula is C8H12F3NO. The SMILES string of the molecule is CN1CC[C@H](C=O)C(C(F)(F)F)C1. The van der Waals surface area contributed by atoms with E-state index in [1.807, 2.05) is 0 Å². The van der Waals surface area contributed by atoms with Gasteiger partial charge in [-0.1, -0.05) is 0 Å². The lowest BCUT2D eigenvalue weighted by molar-refractivity contribution is -0.198. The molecule has 13 heavy (non-hydrogen) atoms. The molecule has 0 saturated carbocycles. The Hall–Kier alpha value is -0.580. The number of likely N-dealkylation sites (tertiary alicyclic amines) is 1. The highest BCUT2D eigenvalue weighted by Gasteiger charge is 2.46. The Morgan fingerprint density at radius 2 is 2.08 bits per heavy atom. The molecule has 1 heterocycles. The van der Waals surface area contributed by atoms with Crippen LogP contribution in [0.5, 0.6) is 0 Å². The largest absolute Gasteiger partial charge is 0.393 e. The van der Waals surface area contributed by atoms with Crippen LogP contribution in [0.3, 0.4) is 0 Å². The molecule has 0 aromatic carbocycles. The summed E-state index contributed by atoms with van der Waals surface area (Å²) in [7, 11) is 1.64. The predicted octanol–water partition coefficient (Wildman–Crippen LogP) is 1.32. The molecule has 1 aliphatic heterocycles. The van der Waals surface area contributed by atoms with E-state index < -0.39 is 18.0 Å². The number of piperidine rings is 1. The highest BCUT2D eigenvalue weighted by Crippen LogP contribution is 2.35. The average molecular weight is 195 g/mol. The van der Waals surface area contributed by atoms with Crippen LogP contribution in [0.25, 0.3) is 0 Å². The summed E-state index contributed by atoms with van der Waals surface area (Å²) in [6.45, 7) is 0.503. The molecule has 2 atom stereocenters. The first-order valence-corrected chi connectivity index (χ1v) is 4.15. The fraction of sp³-hybridized carbons (Fsp3) is 0.875. The zero-order chi connectivity index (χ0) is 10.1. The fourth-order valence-corrected chi connectivity index (χ4v) is 1.64. The summed E-state index contributed by atoms with van der Waals surface area (Å²) in [5.41, 5.74) is 0. The number of hydrogen-bond donors (Lipinski definition) is 0. The van der Waals surface area contributed by atoms with E-state index in [0.717, 1.165) is 0 Å². The lowest BCUT2D eigenvalue weighted by Gasteiger charge is -2.34. The van der Waals surface area contributed by atoms with Gasteiger partial charge in [-0.15, -0.1) is 0 Å². The molecule has 0 aromatic heterocycles. The van der Waals surface area contributed by atoms with E-state index in [9.17, 15) is 18.0 Å². The van der Waals surface area contributed by atoms with Crippen LogP contribution in [0, 0.1) is 11.8 Å². The molecule has 1 unspecified atom stereocenters. The van der Waals surface area contributed by atoms with Gasteiger partial charge < -0.3 is 9.69 Å². The first kappa shape index (κ1) is 10.5. The van der Waals surface area contributed by atoms with Gasteiger partial charge in [0.05, 0.1) is 5.92 Å². The van der Waals surface area contributed by atoms with Crippen molar-refractivity contribution < 1.29 is 18.0 Å². The summed E-state index contributed by atoms with van der Waals surface area (Å²) in [4.78, 5) is 12.0. The number of carbonyl (C=O) groups excluding carboxylic acids is 1. The van der Waals surface area contributed by atoms with E-state index in [-0.39, 0.29) is 6.54 Å². The van der Waals surface area contributed by atoms with Gasteiger partial charge in [-0.05, 0) is 20.0 Å². The van der Waals surface area contributed by atoms with Crippen molar-refractivity contribution in [2.24, 2.45) is 11.8 Å². The van der Waals surface area contributed by atoms with E-state index in [1.165, 1.54) is 0 Å². The van der Waals surface area contributed by atoms with Crippen molar-refractivity contribution >= 4 is 6.29 Å². The average Bonchev–Trinajstić information content (AvgIpc) is 2.03. The van der Waals surface area contributed by atoms with Gasteiger partial charge in [0.1, 0.15) is 6.29 Å². The second-order valence-corrected chi connectivity index (χ2v) is 3.50. The van der Waals surface area contributed by atoms with Gasteiger partial charge >= 0.3 is 6.18 Å². The van der Waals surface area contributed by atoms with Crippen LogP contribution in [-0.4, -0.2) is 37.5 Å². The maximum Gasteiger partial charge on any atom is 0.393 e. The lowest BCUT2D eigenvalue weighted by atomic mass is 9.86. The zero-order valence-corrected chi connectivity index (χ0v) is 7.34. The predicted molar refractivity (Wildman–Crippen MR) is 41.2 cm³/mol. The molecule has 0 radical (unpaired) electrons. The van der Waals surface area contributed by atoms with Crippen LogP contribution >= 0.6 is 0 Å². The number of carbonyl (C=O) groups is 1. The third-order valence-electron chi connectivity index (χ3n) is 2.46. The molecule has 2 nitrogen and oxygen atoms in total. The molecule has 0 N–H and O–H groups in total. The number of alkyl halides is 3. The number of rotatable bonds is 1. The molecule has 1 fully saturated rings. The third-order valence-corrected chi connectivity index (χ3v) is 2.46. The van der Waals surface area contributed by atoms with E-state index in [4.69, 9.17) is 0 Å². The standard InChI is InChI=1S/C8H12F3NO/c1-12-3-2-6(5-13)7(4-12)8(9,10)11/h5-7H,2-4H2,1H3/t6-,7?/m1/s1. The van der Waals surface area contributed by atoms with Crippen LogP contribution in [0.4, 0.5) is 13.2 Å². The number of aldehydes is 1. The van der Waals surface area contributed by atoms with Gasteiger partial charge in [-0.25, -0.2) is 0 Å². The zero-order valence-electron chi connectivity index (χ0n) is 7.34. The Bertz CT molecular complexity index is 192. The van der Waals surface area contributed by atoms with Gasteiger partial charge in [0.2, 0.25) is 0 Å². The highest BCUT2D eigenvalue weighted by molar-refractivity contribution is 5.54. The summed E-state index contributed by atoms with van der Waals surface area (Å²) in [5, 5.41) is 0. The second kappa shape index (κ2) is 3.65. The lowest BCUT2D eigenvalue weighted by Crippen LogP contribution is -2.45. The van der Waals surface area contributed by atoms with Crippen LogP contribution in [-0.2, 0) is 4.79 Å². The molecule has 0 amide bonds. The van der Waals surface area contributed by atoms with Gasteiger partial charge in [0.25, 0.3) is 0 Å². The monoisotopic (exact) mass is 195 g/mol. The van der Waals surface area contributed by atoms with Crippen molar-refractivity contribution in [2.75, 3.05) is 20.1 Å². The van der Waals surface area contributed by atoms with Crippen molar-refractivity contribution in [1.29, 1.82) is 0 Å². The second-order valence-electron chi connectivity index (χ2n) is 3.50. The summed E-state index contributed by atoms with van der Waals surface area (Å²) in [6.07, 6.45) is -3.50. The number of halogens is 3. The molecular weight excluding hydrogens is 183 g/mol. The minimum Gasteiger partial charge on any atom is -0.306 e. The summed E-state index contributed by atoms with van der Waals surface area (Å²) in [6, 6.07) is 0. The first-order chi connectivity index (χ1) is 5.95. The summed E-state index contributed by atoms with van der Waals surface area (Å²) in [5.74, 6) is -2.33. The molecule has 0 bridgehead atoms. The number of hydrogen-bond acceptors (Lipinski definition) is 2. The van der Waals surface area contributed by atoms with Crippen molar-refractivity contribution in [2.45, 2.75) is 12.6 Å². The summed E-state index contributed by atoms with van der Waals surface area (Å²) < 4.78 is 37.1. The fourth-order valence-electron chi connectivity index (χ4n) is 1.64. The molecule has 1 aliphatic rings. The van der Waals surface area contributed by atoms with E-state index in [1.54, 1.807) is 11.9 Å².